The molecule has 0 heterocycles. The summed E-state index contributed by atoms with van der Waals surface area (Å²) in [5, 5.41) is 0. The molecule has 0 aliphatic rings. The highest BCUT2D eigenvalue weighted by Crippen LogP contribution is 2.32. The van der Waals surface area contributed by atoms with E-state index >= 15 is 0 Å². The maximum Gasteiger partial charge on any atom is 0.389 e. The lowest BCUT2D eigenvalue weighted by Gasteiger charge is -2.24. The Bertz CT molecular complexity index is 216. The van der Waals surface area contributed by atoms with Crippen molar-refractivity contribution in [2.75, 3.05) is 0 Å². The molecule has 2 N–H and O–H groups in total. The zero-order valence-corrected chi connectivity index (χ0v) is 9.81. The van der Waals surface area contributed by atoms with Crippen molar-refractivity contribution in [2.24, 2.45) is 17.6 Å². The van der Waals surface area contributed by atoms with E-state index in [1.54, 1.807) is 6.92 Å². The van der Waals surface area contributed by atoms with Crippen LogP contribution >= 0.6 is 0 Å². The van der Waals surface area contributed by atoms with Crippen molar-refractivity contribution in [3.8, 4) is 0 Å². The van der Waals surface area contributed by atoms with E-state index in [0.717, 1.165) is 12.8 Å². The van der Waals surface area contributed by atoms with Gasteiger partial charge in [0.05, 0.1) is 6.42 Å². The Hall–Kier alpha value is -0.740. The van der Waals surface area contributed by atoms with Crippen LogP contribution in [0.3, 0.4) is 0 Å². The topological polar surface area (TPSA) is 43.1 Å². The molecule has 0 spiro atoms. The lowest BCUT2D eigenvalue weighted by atomic mass is 9.83. The number of unbranched alkanes of at least 4 members (excludes halogenated alkanes) is 1. The lowest BCUT2D eigenvalue weighted by molar-refractivity contribution is -0.157. The molecular weight excluding hydrogens is 219 g/mol. The van der Waals surface area contributed by atoms with Gasteiger partial charge in [-0.25, -0.2) is 0 Å². The molecule has 0 radical (unpaired) electrons. The Balaban J connectivity index is 4.53. The van der Waals surface area contributed by atoms with Crippen LogP contribution in [-0.2, 0) is 4.79 Å². The quantitative estimate of drug-likeness (QED) is 0.728. The summed E-state index contributed by atoms with van der Waals surface area (Å²) in [5.41, 5.74) is 5.05. The van der Waals surface area contributed by atoms with Gasteiger partial charge in [-0.3, -0.25) is 4.79 Å². The largest absolute Gasteiger partial charge is 0.389 e. The van der Waals surface area contributed by atoms with Crippen LogP contribution in [0.4, 0.5) is 13.2 Å². The zero-order chi connectivity index (χ0) is 12.8. The predicted octanol–water partition coefficient (Wildman–Crippen LogP) is 3.26. The van der Waals surface area contributed by atoms with Crippen LogP contribution in [0, 0.1) is 11.8 Å². The number of primary amides is 1. The normalized spacial score (nSPS) is 15.8. The summed E-state index contributed by atoms with van der Waals surface area (Å²) >= 11 is 0. The smallest absolute Gasteiger partial charge is 0.369 e. The second kappa shape index (κ2) is 6.76. The molecule has 96 valence electrons. The van der Waals surface area contributed by atoms with Gasteiger partial charge < -0.3 is 5.73 Å². The molecule has 5 heteroatoms. The highest BCUT2D eigenvalue weighted by molar-refractivity contribution is 5.77. The first-order valence-corrected chi connectivity index (χ1v) is 5.67. The van der Waals surface area contributed by atoms with Crippen LogP contribution in [-0.4, -0.2) is 12.1 Å². The number of hydrogen-bond donors (Lipinski definition) is 1. The monoisotopic (exact) mass is 239 g/mol. The third-order valence-corrected chi connectivity index (χ3v) is 2.84. The molecule has 0 aliphatic heterocycles. The number of carbonyl (C=O) groups is 1. The molecule has 0 bridgehead atoms. The average molecular weight is 239 g/mol. The Kier molecular flexibility index (Phi) is 6.45. The first-order chi connectivity index (χ1) is 7.31. The first kappa shape index (κ1) is 15.3. The molecule has 0 aliphatic carbocycles. The molecule has 0 aromatic heterocycles. The van der Waals surface area contributed by atoms with Crippen molar-refractivity contribution < 1.29 is 18.0 Å². The first-order valence-electron chi connectivity index (χ1n) is 5.67. The Morgan fingerprint density at radius 3 is 2.19 bits per heavy atom. The number of alkyl halides is 3. The van der Waals surface area contributed by atoms with E-state index in [2.05, 4.69) is 0 Å². The maximum atomic E-state index is 12.3. The van der Waals surface area contributed by atoms with Gasteiger partial charge in [0, 0.05) is 5.92 Å². The highest BCUT2D eigenvalue weighted by atomic mass is 19.4. The van der Waals surface area contributed by atoms with E-state index in [4.69, 9.17) is 5.73 Å². The molecule has 2 nitrogen and oxygen atoms in total. The van der Waals surface area contributed by atoms with Gasteiger partial charge in [-0.15, -0.1) is 0 Å². The molecule has 2 unspecified atom stereocenters. The number of nitrogens with two attached hydrogens (primary N) is 1. The second-order valence-corrected chi connectivity index (χ2v) is 4.14. The average Bonchev–Trinajstić information content (AvgIpc) is 2.15. The minimum absolute atomic E-state index is 0.251. The van der Waals surface area contributed by atoms with Gasteiger partial charge in [-0.2, -0.15) is 13.2 Å². The maximum absolute atomic E-state index is 12.3. The molecule has 0 saturated carbocycles. The summed E-state index contributed by atoms with van der Waals surface area (Å²) < 4.78 is 36.8. The fourth-order valence-electron chi connectivity index (χ4n) is 1.91. The molecule has 0 aromatic rings. The summed E-state index contributed by atoms with van der Waals surface area (Å²) in [6, 6.07) is 0. The van der Waals surface area contributed by atoms with E-state index in [-0.39, 0.29) is 5.92 Å². The van der Waals surface area contributed by atoms with Crippen molar-refractivity contribution in [1.29, 1.82) is 0 Å². The Labute approximate surface area is 94.4 Å². The lowest BCUT2D eigenvalue weighted by Crippen LogP contribution is -2.33. The minimum Gasteiger partial charge on any atom is -0.369 e. The van der Waals surface area contributed by atoms with E-state index in [0.29, 0.717) is 12.8 Å². The van der Waals surface area contributed by atoms with Gasteiger partial charge in [-0.1, -0.05) is 33.1 Å². The van der Waals surface area contributed by atoms with Crippen molar-refractivity contribution in [3.63, 3.8) is 0 Å². The Morgan fingerprint density at radius 1 is 1.31 bits per heavy atom. The summed E-state index contributed by atoms with van der Waals surface area (Å²) in [6.07, 6.45) is -2.47. The molecule has 16 heavy (non-hydrogen) atoms. The standard InChI is InChI=1S/C11H20F3NO/c1-3-5-6-8(4-2)9(10(15)16)7-11(12,13)14/h8-9H,3-7H2,1-2H3,(H2,15,16). The molecule has 0 saturated heterocycles. The molecule has 2 atom stereocenters. The summed E-state index contributed by atoms with van der Waals surface area (Å²) in [5.74, 6) is -2.16. The fourth-order valence-corrected chi connectivity index (χ4v) is 1.91. The third kappa shape index (κ3) is 5.98. The van der Waals surface area contributed by atoms with Crippen LogP contribution in [0.1, 0.15) is 46.0 Å². The summed E-state index contributed by atoms with van der Waals surface area (Å²) in [6.45, 7) is 3.77. The van der Waals surface area contributed by atoms with Gasteiger partial charge in [0.15, 0.2) is 0 Å². The number of hydrogen-bond acceptors (Lipinski definition) is 1. The van der Waals surface area contributed by atoms with Crippen LogP contribution < -0.4 is 5.73 Å². The minimum atomic E-state index is -4.32. The van der Waals surface area contributed by atoms with Crippen LogP contribution in [0.2, 0.25) is 0 Å². The van der Waals surface area contributed by atoms with E-state index in [9.17, 15) is 18.0 Å². The number of halogens is 3. The third-order valence-electron chi connectivity index (χ3n) is 2.84. The van der Waals surface area contributed by atoms with Crippen molar-refractivity contribution in [3.05, 3.63) is 0 Å². The van der Waals surface area contributed by atoms with Gasteiger partial charge in [0.1, 0.15) is 0 Å². The molecule has 0 rings (SSSR count). The van der Waals surface area contributed by atoms with Gasteiger partial charge in [0.2, 0.25) is 5.91 Å². The van der Waals surface area contributed by atoms with Gasteiger partial charge in [0.25, 0.3) is 0 Å². The van der Waals surface area contributed by atoms with E-state index in [1.807, 2.05) is 6.92 Å². The summed E-state index contributed by atoms with van der Waals surface area (Å²) in [7, 11) is 0. The van der Waals surface area contributed by atoms with Crippen molar-refractivity contribution in [2.45, 2.75) is 52.1 Å². The predicted molar refractivity (Wildman–Crippen MR) is 56.7 cm³/mol. The molecule has 0 aromatic carbocycles. The van der Waals surface area contributed by atoms with E-state index < -0.39 is 24.4 Å². The second-order valence-electron chi connectivity index (χ2n) is 4.14. The number of rotatable bonds is 7. The van der Waals surface area contributed by atoms with Crippen molar-refractivity contribution >= 4 is 5.91 Å². The van der Waals surface area contributed by atoms with Crippen LogP contribution in [0.5, 0.6) is 0 Å². The molecular formula is C11H20F3NO. The van der Waals surface area contributed by atoms with Crippen LogP contribution in [0.25, 0.3) is 0 Å². The number of amides is 1. The SMILES string of the molecule is CCCCC(CC)C(CC(F)(F)F)C(N)=O. The van der Waals surface area contributed by atoms with E-state index in [1.165, 1.54) is 0 Å². The highest BCUT2D eigenvalue weighted by Gasteiger charge is 2.37. The molecule has 0 fully saturated rings. The number of carbonyl (C=O) groups excluding carboxylic acids is 1. The molecule has 1 amide bonds. The zero-order valence-electron chi connectivity index (χ0n) is 9.81. The van der Waals surface area contributed by atoms with Crippen molar-refractivity contribution in [1.82, 2.24) is 0 Å². The van der Waals surface area contributed by atoms with Gasteiger partial charge >= 0.3 is 6.18 Å². The van der Waals surface area contributed by atoms with Gasteiger partial charge in [-0.05, 0) is 12.3 Å². The Morgan fingerprint density at radius 2 is 1.88 bits per heavy atom. The fraction of sp³-hybridized carbons (Fsp3) is 0.909. The summed E-state index contributed by atoms with van der Waals surface area (Å²) in [4.78, 5) is 11.1. The van der Waals surface area contributed by atoms with Crippen LogP contribution in [0.15, 0.2) is 0 Å².